The number of benzene rings is 1. The Morgan fingerprint density at radius 1 is 1.06 bits per heavy atom. The number of ether oxygens (including phenoxy) is 2. The third kappa shape index (κ3) is 4.97. The predicted octanol–water partition coefficient (Wildman–Crippen LogP) is 3.32. The van der Waals surface area contributed by atoms with Crippen molar-refractivity contribution in [2.24, 2.45) is 0 Å². The molecule has 0 saturated carbocycles. The Morgan fingerprint density at radius 3 is 2.75 bits per heavy atom. The van der Waals surface area contributed by atoms with Crippen LogP contribution in [0.25, 0.3) is 22.4 Å². The van der Waals surface area contributed by atoms with Crippen LogP contribution in [0.2, 0.25) is 0 Å². The molecule has 1 aromatic carbocycles. The second-order valence-electron chi connectivity index (χ2n) is 7.16. The van der Waals surface area contributed by atoms with E-state index in [-0.39, 0.29) is 12.4 Å². The van der Waals surface area contributed by atoms with E-state index in [0.29, 0.717) is 30.4 Å². The molecular weight excluding hydrogens is 406 g/mol. The van der Waals surface area contributed by atoms with E-state index in [1.165, 1.54) is 7.11 Å². The fourth-order valence-electron chi connectivity index (χ4n) is 3.25. The van der Waals surface area contributed by atoms with Gasteiger partial charge in [-0.25, -0.2) is 15.0 Å². The summed E-state index contributed by atoms with van der Waals surface area (Å²) in [6.45, 7) is 1.03. The number of hydrogen-bond donors (Lipinski definition) is 0. The van der Waals surface area contributed by atoms with Crippen LogP contribution in [0.1, 0.15) is 5.56 Å². The number of carbonyl (C=O) groups excluding carboxylic acids is 1. The van der Waals surface area contributed by atoms with Crippen LogP contribution in [-0.4, -0.2) is 53.2 Å². The van der Waals surface area contributed by atoms with Gasteiger partial charge in [-0.1, -0.05) is 12.1 Å². The fourth-order valence-corrected chi connectivity index (χ4v) is 3.25. The monoisotopic (exact) mass is 429 g/mol. The molecule has 0 aliphatic rings. The maximum absolute atomic E-state index is 11.5. The van der Waals surface area contributed by atoms with Crippen LogP contribution in [0.5, 0.6) is 5.75 Å². The molecule has 0 radical (unpaired) electrons. The van der Waals surface area contributed by atoms with Gasteiger partial charge in [-0.3, -0.25) is 9.78 Å². The van der Waals surface area contributed by atoms with Crippen molar-refractivity contribution < 1.29 is 14.3 Å². The van der Waals surface area contributed by atoms with Crippen molar-refractivity contribution in [1.29, 1.82) is 0 Å². The molecule has 162 valence electrons. The number of carbonyl (C=O) groups is 1. The Morgan fingerprint density at radius 2 is 1.94 bits per heavy atom. The van der Waals surface area contributed by atoms with Crippen molar-refractivity contribution in [3.8, 4) is 17.1 Å². The summed E-state index contributed by atoms with van der Waals surface area (Å²) in [5.41, 5.74) is 2.30. The van der Waals surface area contributed by atoms with Gasteiger partial charge in [0.15, 0.2) is 11.5 Å². The molecule has 0 saturated heterocycles. The van der Waals surface area contributed by atoms with E-state index in [4.69, 9.17) is 14.5 Å². The minimum absolute atomic E-state index is 0.213. The van der Waals surface area contributed by atoms with Crippen LogP contribution in [0.3, 0.4) is 0 Å². The second-order valence-corrected chi connectivity index (χ2v) is 7.16. The lowest BCUT2D eigenvalue weighted by Crippen LogP contribution is -2.25. The number of pyridine rings is 2. The summed E-state index contributed by atoms with van der Waals surface area (Å²) < 4.78 is 10.6. The topological polar surface area (TPSA) is 90.3 Å². The number of anilines is 1. The highest BCUT2D eigenvalue weighted by Gasteiger charge is 2.14. The molecule has 0 aliphatic carbocycles. The van der Waals surface area contributed by atoms with Gasteiger partial charge in [-0.05, 0) is 42.0 Å². The number of fused-ring (bicyclic) bond motifs is 1. The smallest absolute Gasteiger partial charge is 0.309 e. The molecule has 0 bridgehead atoms. The number of likely N-dealkylation sites (N-methyl/N-ethyl adjacent to an activating group) is 1. The highest BCUT2D eigenvalue weighted by atomic mass is 16.5. The molecule has 3 aromatic heterocycles. The first-order chi connectivity index (χ1) is 15.6. The Kier molecular flexibility index (Phi) is 6.50. The summed E-state index contributed by atoms with van der Waals surface area (Å²) in [6.07, 6.45) is 5.38. The SMILES string of the molecule is COC(=O)Cc1cccc(OCCN(C)c2nc(-c3cccnc3)nc3ncccc23)c1. The largest absolute Gasteiger partial charge is 0.492 e. The van der Waals surface area contributed by atoms with Crippen molar-refractivity contribution in [3.05, 3.63) is 72.7 Å². The molecule has 0 aliphatic heterocycles. The average molecular weight is 429 g/mol. The Labute approximate surface area is 185 Å². The molecule has 8 nitrogen and oxygen atoms in total. The fraction of sp³-hybridized carbons (Fsp3) is 0.208. The predicted molar refractivity (Wildman–Crippen MR) is 121 cm³/mol. The zero-order chi connectivity index (χ0) is 22.3. The van der Waals surface area contributed by atoms with Crippen molar-refractivity contribution in [3.63, 3.8) is 0 Å². The van der Waals surface area contributed by atoms with E-state index in [9.17, 15) is 4.79 Å². The van der Waals surface area contributed by atoms with E-state index >= 15 is 0 Å². The zero-order valence-electron chi connectivity index (χ0n) is 17.9. The van der Waals surface area contributed by atoms with E-state index in [1.54, 1.807) is 18.6 Å². The molecule has 0 fully saturated rings. The first-order valence-corrected chi connectivity index (χ1v) is 10.2. The second kappa shape index (κ2) is 9.82. The summed E-state index contributed by atoms with van der Waals surface area (Å²) in [5, 5.41) is 0.864. The lowest BCUT2D eigenvalue weighted by Gasteiger charge is -2.20. The van der Waals surface area contributed by atoms with Gasteiger partial charge in [-0.15, -0.1) is 0 Å². The van der Waals surface area contributed by atoms with Gasteiger partial charge in [-0.2, -0.15) is 0 Å². The Bertz CT molecular complexity index is 1220. The van der Waals surface area contributed by atoms with E-state index in [2.05, 4.69) is 15.0 Å². The van der Waals surface area contributed by atoms with Crippen molar-refractivity contribution in [2.45, 2.75) is 6.42 Å². The van der Waals surface area contributed by atoms with Gasteiger partial charge in [0.1, 0.15) is 18.2 Å². The van der Waals surface area contributed by atoms with Crippen LogP contribution in [0.4, 0.5) is 5.82 Å². The van der Waals surface area contributed by atoms with Crippen molar-refractivity contribution >= 4 is 22.8 Å². The van der Waals surface area contributed by atoms with Gasteiger partial charge in [0.05, 0.1) is 25.5 Å². The molecule has 32 heavy (non-hydrogen) atoms. The van der Waals surface area contributed by atoms with E-state index in [0.717, 1.165) is 22.3 Å². The van der Waals surface area contributed by atoms with Gasteiger partial charge < -0.3 is 14.4 Å². The summed E-state index contributed by atoms with van der Waals surface area (Å²) in [7, 11) is 3.34. The molecule has 0 atom stereocenters. The maximum Gasteiger partial charge on any atom is 0.309 e. The molecule has 0 unspecified atom stereocenters. The van der Waals surface area contributed by atoms with Crippen LogP contribution < -0.4 is 9.64 Å². The third-order valence-electron chi connectivity index (χ3n) is 4.90. The number of hydrogen-bond acceptors (Lipinski definition) is 8. The highest BCUT2D eigenvalue weighted by Crippen LogP contribution is 2.25. The summed E-state index contributed by atoms with van der Waals surface area (Å²) in [4.78, 5) is 31.5. The Balaban J connectivity index is 1.50. The zero-order valence-corrected chi connectivity index (χ0v) is 17.9. The minimum atomic E-state index is -0.282. The lowest BCUT2D eigenvalue weighted by atomic mass is 10.1. The molecule has 4 rings (SSSR count). The van der Waals surface area contributed by atoms with Crippen molar-refractivity contribution in [2.75, 3.05) is 32.2 Å². The Hall–Kier alpha value is -4.07. The van der Waals surface area contributed by atoms with Crippen LogP contribution >= 0.6 is 0 Å². The van der Waals surface area contributed by atoms with E-state index in [1.807, 2.05) is 60.5 Å². The lowest BCUT2D eigenvalue weighted by molar-refractivity contribution is -0.139. The standard InChI is InChI=1S/C24H23N5O3/c1-29(12-13-32-19-8-3-6-17(14-19)15-21(30)31-2)24-20-9-5-11-26-23(20)27-22(28-24)18-7-4-10-25-16-18/h3-11,14,16H,12-13,15H2,1-2H3. The number of methoxy groups -OCH3 is 1. The molecule has 3 heterocycles. The van der Waals surface area contributed by atoms with Gasteiger partial charge in [0.2, 0.25) is 0 Å². The molecule has 0 amide bonds. The normalized spacial score (nSPS) is 10.7. The quantitative estimate of drug-likeness (QED) is 0.394. The van der Waals surface area contributed by atoms with Crippen molar-refractivity contribution in [1.82, 2.24) is 19.9 Å². The molecule has 8 heteroatoms. The van der Waals surface area contributed by atoms with Crippen LogP contribution in [0, 0.1) is 0 Å². The van der Waals surface area contributed by atoms with E-state index < -0.39 is 0 Å². The van der Waals surface area contributed by atoms with Crippen LogP contribution in [0.15, 0.2) is 67.1 Å². The maximum atomic E-state index is 11.5. The van der Waals surface area contributed by atoms with Gasteiger partial charge >= 0.3 is 5.97 Å². The summed E-state index contributed by atoms with van der Waals surface area (Å²) >= 11 is 0. The summed E-state index contributed by atoms with van der Waals surface area (Å²) in [5.74, 6) is 1.76. The summed E-state index contributed by atoms with van der Waals surface area (Å²) in [6, 6.07) is 15.1. The molecular formula is C24H23N5O3. The van der Waals surface area contributed by atoms with Crippen LogP contribution in [-0.2, 0) is 16.0 Å². The number of nitrogens with zero attached hydrogens (tertiary/aromatic N) is 5. The average Bonchev–Trinajstić information content (AvgIpc) is 2.84. The first-order valence-electron chi connectivity index (χ1n) is 10.2. The minimum Gasteiger partial charge on any atom is -0.492 e. The molecule has 0 spiro atoms. The van der Waals surface area contributed by atoms with Gasteiger partial charge in [0.25, 0.3) is 0 Å². The highest BCUT2D eigenvalue weighted by molar-refractivity contribution is 5.88. The number of rotatable bonds is 8. The number of aromatic nitrogens is 4. The number of esters is 1. The molecule has 4 aromatic rings. The molecule has 0 N–H and O–H groups in total. The third-order valence-corrected chi connectivity index (χ3v) is 4.90. The first kappa shape index (κ1) is 21.2. The van der Waals surface area contributed by atoms with Gasteiger partial charge in [0, 0.05) is 31.2 Å².